The lowest BCUT2D eigenvalue weighted by molar-refractivity contribution is -0.717. The van der Waals surface area contributed by atoms with Crippen LogP contribution < -0.4 is 21.1 Å². The highest BCUT2D eigenvalue weighted by molar-refractivity contribution is 8.00. The molecule has 5 N–H and O–H groups in total. The zero-order valence-electron chi connectivity index (χ0n) is 17.2. The lowest BCUT2D eigenvalue weighted by atomic mass is 9.77. The van der Waals surface area contributed by atoms with Crippen LogP contribution in [0.1, 0.15) is 18.7 Å². The second-order valence-electron chi connectivity index (χ2n) is 7.88. The first-order valence-corrected chi connectivity index (χ1v) is 11.5. The van der Waals surface area contributed by atoms with Crippen molar-refractivity contribution in [2.75, 3.05) is 5.75 Å². The molecule has 0 bridgehead atoms. The van der Waals surface area contributed by atoms with Crippen LogP contribution in [-0.4, -0.2) is 56.0 Å². The first-order valence-electron chi connectivity index (χ1n) is 9.73. The van der Waals surface area contributed by atoms with Gasteiger partial charge in [0, 0.05) is 11.5 Å². The normalized spacial score (nSPS) is 23.4. The molecular formula is C19H21N5O6S2. The maximum Gasteiger partial charge on any atom is 0.259 e. The van der Waals surface area contributed by atoms with E-state index in [2.05, 4.69) is 0 Å². The number of hydrogen-bond acceptors (Lipinski definition) is 8. The van der Waals surface area contributed by atoms with Gasteiger partial charge in [-0.15, -0.1) is 0 Å². The van der Waals surface area contributed by atoms with Gasteiger partial charge in [0.15, 0.2) is 6.54 Å². The second kappa shape index (κ2) is 7.90. The number of aliphatic carboxylic acids is 1. The number of hydrogen-bond donors (Lipinski definition) is 3. The Morgan fingerprint density at radius 2 is 2.03 bits per heavy atom. The van der Waals surface area contributed by atoms with Gasteiger partial charge in [0.1, 0.15) is 6.20 Å². The van der Waals surface area contributed by atoms with Crippen molar-refractivity contribution in [2.24, 2.45) is 23.3 Å². The summed E-state index contributed by atoms with van der Waals surface area (Å²) in [5.41, 5.74) is 10.8. The summed E-state index contributed by atoms with van der Waals surface area (Å²) < 4.78 is 3.31. The van der Waals surface area contributed by atoms with Crippen LogP contribution in [0.3, 0.4) is 0 Å². The van der Waals surface area contributed by atoms with Crippen molar-refractivity contribution in [3.63, 3.8) is 0 Å². The number of carbonyl (C=O) groups excluding carboxylic acids is 4. The molecule has 2 aliphatic rings. The quantitative estimate of drug-likeness (QED) is 0.216. The number of amides is 3. The summed E-state index contributed by atoms with van der Waals surface area (Å²) in [6.07, 6.45) is 2.42. The molecule has 1 saturated heterocycles. The molecule has 0 radical (unpaired) electrons. The van der Waals surface area contributed by atoms with Crippen LogP contribution >= 0.6 is 23.1 Å². The summed E-state index contributed by atoms with van der Waals surface area (Å²) in [4.78, 5) is 49.7. The Morgan fingerprint density at radius 3 is 2.59 bits per heavy atom. The van der Waals surface area contributed by atoms with Gasteiger partial charge in [0.05, 0.1) is 40.4 Å². The Morgan fingerprint density at radius 1 is 1.34 bits per heavy atom. The molecule has 0 aliphatic carbocycles. The Hall–Kier alpha value is -2.90. The number of aromatic nitrogens is 2. The third-order valence-electron chi connectivity index (χ3n) is 5.71. The molecule has 32 heavy (non-hydrogen) atoms. The van der Waals surface area contributed by atoms with Gasteiger partial charge < -0.3 is 31.4 Å². The van der Waals surface area contributed by atoms with Crippen molar-refractivity contribution >= 4 is 57.2 Å². The van der Waals surface area contributed by atoms with E-state index in [1.54, 1.807) is 21.5 Å². The van der Waals surface area contributed by atoms with E-state index in [1.165, 1.54) is 23.2 Å². The molecule has 170 valence electrons. The predicted octanol–water partition coefficient (Wildman–Crippen LogP) is -2.33. The first-order chi connectivity index (χ1) is 15.0. The van der Waals surface area contributed by atoms with Crippen molar-refractivity contribution < 1.29 is 34.0 Å². The topological polar surface area (TPSA) is 175 Å². The molecule has 2 aromatic rings. The maximum atomic E-state index is 12.5. The standard InChI is InChI=1S/C19H21N5O6S2/c1-7-12(15(19(29)30)24-14(7)13(8(2)25)16(24)28)9-3-22-6-23(4-10(20)26)17(18(22)32-9)31-5-11(21)27/h3,6-8,13-14,25H,4-5H2,1-2H3,(H4-,20,21,26,27,29,30)/t7-,8+,13+,14+/m0/s1. The first kappa shape index (κ1) is 22.3. The molecule has 4 rings (SSSR count). The van der Waals surface area contributed by atoms with Crippen molar-refractivity contribution in [2.45, 2.75) is 37.6 Å². The number of nitrogens with zero attached hydrogens (tertiary/aromatic N) is 3. The number of carboxylic acids is 1. The smallest absolute Gasteiger partial charge is 0.259 e. The molecule has 0 aromatic carbocycles. The van der Waals surface area contributed by atoms with E-state index in [0.29, 0.717) is 20.3 Å². The Labute approximate surface area is 190 Å². The molecule has 11 nitrogen and oxygen atoms in total. The van der Waals surface area contributed by atoms with Gasteiger partial charge in [-0.25, -0.2) is 4.57 Å². The number of fused-ring (bicyclic) bond motifs is 2. The number of primary amides is 2. The molecule has 0 spiro atoms. The van der Waals surface area contributed by atoms with Gasteiger partial charge in [-0.05, 0) is 6.92 Å². The van der Waals surface area contributed by atoms with E-state index < -0.39 is 41.8 Å². The Kier molecular flexibility index (Phi) is 5.51. The number of rotatable bonds is 8. The van der Waals surface area contributed by atoms with Gasteiger partial charge >= 0.3 is 0 Å². The lowest BCUT2D eigenvalue weighted by Gasteiger charge is -2.47. The predicted molar refractivity (Wildman–Crippen MR) is 111 cm³/mol. The molecule has 13 heteroatoms. The number of carboxylic acid groups (broad SMARTS) is 1. The largest absolute Gasteiger partial charge is 0.543 e. The number of imidazole rings is 1. The van der Waals surface area contributed by atoms with Crippen LogP contribution in [-0.2, 0) is 25.7 Å². The van der Waals surface area contributed by atoms with Gasteiger partial charge in [-0.3, -0.25) is 14.4 Å². The monoisotopic (exact) mass is 479 g/mol. The number of aliphatic hydroxyl groups excluding tert-OH is 1. The van der Waals surface area contributed by atoms with Crippen molar-refractivity contribution in [3.05, 3.63) is 23.1 Å². The van der Waals surface area contributed by atoms with E-state index in [4.69, 9.17) is 11.5 Å². The molecule has 4 atom stereocenters. The van der Waals surface area contributed by atoms with Gasteiger partial charge in [0.2, 0.25) is 21.7 Å². The molecule has 2 aromatic heterocycles. The Balaban J connectivity index is 1.81. The average molecular weight is 480 g/mol. The molecule has 0 saturated carbocycles. The zero-order valence-corrected chi connectivity index (χ0v) is 18.8. The summed E-state index contributed by atoms with van der Waals surface area (Å²) >= 11 is 2.40. The average Bonchev–Trinajstić information content (AvgIpc) is 3.27. The Bertz CT molecular complexity index is 1200. The number of β-lactam (4-membered cyclic amide) rings is 1. The third-order valence-corrected chi connectivity index (χ3v) is 8.12. The van der Waals surface area contributed by atoms with Crippen molar-refractivity contribution in [1.29, 1.82) is 0 Å². The summed E-state index contributed by atoms with van der Waals surface area (Å²) in [7, 11) is 0. The van der Waals surface area contributed by atoms with Crippen molar-refractivity contribution in [3.8, 4) is 0 Å². The number of aliphatic hydroxyl groups is 1. The van der Waals surface area contributed by atoms with E-state index in [-0.39, 0.29) is 23.9 Å². The number of thioether (sulfide) groups is 1. The highest BCUT2D eigenvalue weighted by Gasteiger charge is 2.59. The minimum Gasteiger partial charge on any atom is -0.543 e. The van der Waals surface area contributed by atoms with E-state index in [0.717, 1.165) is 11.8 Å². The van der Waals surface area contributed by atoms with Crippen LogP contribution in [0, 0.1) is 11.8 Å². The van der Waals surface area contributed by atoms with Gasteiger partial charge in [-0.1, -0.05) is 30.0 Å². The molecule has 2 aliphatic heterocycles. The van der Waals surface area contributed by atoms with Gasteiger partial charge in [0.25, 0.3) is 12.2 Å². The number of carbonyl (C=O) groups is 4. The molecule has 4 heterocycles. The molecule has 0 unspecified atom stereocenters. The summed E-state index contributed by atoms with van der Waals surface area (Å²) in [6, 6.07) is -0.463. The lowest BCUT2D eigenvalue weighted by Crippen LogP contribution is -2.64. The summed E-state index contributed by atoms with van der Waals surface area (Å²) in [6.45, 7) is 3.23. The van der Waals surface area contributed by atoms with Crippen LogP contribution in [0.5, 0.6) is 0 Å². The van der Waals surface area contributed by atoms with E-state index in [9.17, 15) is 29.4 Å². The highest BCUT2D eigenvalue weighted by Crippen LogP contribution is 2.51. The minimum atomic E-state index is -1.46. The second-order valence-corrected chi connectivity index (χ2v) is 9.88. The van der Waals surface area contributed by atoms with Crippen LogP contribution in [0.25, 0.3) is 10.4 Å². The molecular weight excluding hydrogens is 458 g/mol. The minimum absolute atomic E-state index is 0.0184. The summed E-state index contributed by atoms with van der Waals surface area (Å²) in [5.74, 6) is -4.04. The number of nitrogens with two attached hydrogens (primary N) is 2. The number of thiazole rings is 1. The fourth-order valence-electron chi connectivity index (χ4n) is 4.51. The summed E-state index contributed by atoms with van der Waals surface area (Å²) in [5, 5.41) is 22.6. The van der Waals surface area contributed by atoms with E-state index >= 15 is 0 Å². The SMILES string of the molecule is C[C@@H](O)[C@H]1C(=O)N2C(C(=O)[O-])=C(c3cn4c[n+](CC(N)=O)c(SCC(N)=O)c4s3)[C@H](C)[C@H]12. The highest BCUT2D eigenvalue weighted by atomic mass is 32.2. The van der Waals surface area contributed by atoms with E-state index in [1.807, 2.05) is 6.92 Å². The van der Waals surface area contributed by atoms with Gasteiger partial charge in [-0.2, -0.15) is 4.40 Å². The maximum absolute atomic E-state index is 12.5. The van der Waals surface area contributed by atoms with Crippen molar-refractivity contribution in [1.82, 2.24) is 9.30 Å². The zero-order chi connectivity index (χ0) is 23.5. The fourth-order valence-corrected chi connectivity index (χ4v) is 6.77. The van der Waals surface area contributed by atoms with Crippen LogP contribution in [0.15, 0.2) is 23.2 Å². The molecule has 3 amide bonds. The van der Waals surface area contributed by atoms with Crippen LogP contribution in [0.4, 0.5) is 0 Å². The third kappa shape index (κ3) is 3.36. The van der Waals surface area contributed by atoms with Crippen LogP contribution in [0.2, 0.25) is 0 Å². The fraction of sp³-hybridized carbons (Fsp3) is 0.421. The molecule has 1 fully saturated rings.